The van der Waals surface area contributed by atoms with Gasteiger partial charge < -0.3 is 9.72 Å². The second-order valence-electron chi connectivity index (χ2n) is 8.95. The highest BCUT2D eigenvalue weighted by atomic mass is 35.5. The number of nitrogens with zero attached hydrogens (tertiary/aromatic N) is 4. The first-order valence-electron chi connectivity index (χ1n) is 12.0. The van der Waals surface area contributed by atoms with Gasteiger partial charge in [-0.15, -0.1) is 5.92 Å². The van der Waals surface area contributed by atoms with Crippen LogP contribution in [0.4, 0.5) is 19.0 Å². The predicted octanol–water partition coefficient (Wildman–Crippen LogP) is 6.48. The van der Waals surface area contributed by atoms with Crippen molar-refractivity contribution in [3.63, 3.8) is 0 Å². The van der Waals surface area contributed by atoms with E-state index in [1.807, 2.05) is 17.4 Å². The van der Waals surface area contributed by atoms with Gasteiger partial charge in [-0.25, -0.2) is 9.97 Å². The lowest BCUT2D eigenvalue weighted by Crippen LogP contribution is -2.23. The van der Waals surface area contributed by atoms with Gasteiger partial charge in [0.05, 0.1) is 34.7 Å². The first kappa shape index (κ1) is 25.8. The zero-order valence-corrected chi connectivity index (χ0v) is 21.1. The number of carbonyl (C=O) groups excluding carboxylic acids is 1. The molecule has 0 spiro atoms. The van der Waals surface area contributed by atoms with Crippen LogP contribution in [0.2, 0.25) is 5.02 Å². The van der Waals surface area contributed by atoms with Crippen molar-refractivity contribution in [2.45, 2.75) is 32.0 Å². The summed E-state index contributed by atoms with van der Waals surface area (Å²) in [6.07, 6.45) is 2.04. The van der Waals surface area contributed by atoms with Crippen LogP contribution in [0, 0.1) is 11.8 Å². The van der Waals surface area contributed by atoms with Crippen LogP contribution in [-0.4, -0.2) is 38.3 Å². The Balaban J connectivity index is 1.45. The summed E-state index contributed by atoms with van der Waals surface area (Å²) < 4.78 is 41.0. The number of alkyl halides is 3. The van der Waals surface area contributed by atoms with Crippen LogP contribution in [0.15, 0.2) is 61.2 Å². The molecule has 1 unspecified atom stereocenters. The van der Waals surface area contributed by atoms with Crippen LogP contribution in [0.25, 0.3) is 16.8 Å². The number of fused-ring (bicyclic) bond motifs is 1. The quantitative estimate of drug-likeness (QED) is 0.296. The zero-order chi connectivity index (χ0) is 26.9. The molecule has 3 aromatic heterocycles. The second-order valence-corrected chi connectivity index (χ2v) is 9.36. The topological polar surface area (TPSA) is 62.5 Å². The van der Waals surface area contributed by atoms with Crippen LogP contribution >= 0.6 is 11.6 Å². The average molecular weight is 538 g/mol. The van der Waals surface area contributed by atoms with Gasteiger partial charge in [0.25, 0.3) is 5.91 Å². The predicted molar refractivity (Wildman–Crippen MR) is 140 cm³/mol. The van der Waals surface area contributed by atoms with Crippen molar-refractivity contribution in [2.24, 2.45) is 0 Å². The number of amides is 1. The number of hydrogen-bond acceptors (Lipinski definition) is 4. The van der Waals surface area contributed by atoms with Crippen molar-refractivity contribution in [1.82, 2.24) is 19.3 Å². The van der Waals surface area contributed by atoms with Crippen LogP contribution in [0.1, 0.15) is 47.3 Å². The number of likely N-dealkylation sites (tertiary alicyclic amines) is 1. The van der Waals surface area contributed by atoms with E-state index < -0.39 is 17.6 Å². The van der Waals surface area contributed by atoms with E-state index in [1.165, 1.54) is 6.07 Å². The Labute approximate surface area is 222 Å². The number of anilines is 1. The Morgan fingerprint density at radius 2 is 2.03 bits per heavy atom. The normalized spacial score (nSPS) is 15.9. The van der Waals surface area contributed by atoms with E-state index in [9.17, 15) is 18.0 Å². The van der Waals surface area contributed by atoms with Gasteiger partial charge in [0.15, 0.2) is 0 Å². The van der Waals surface area contributed by atoms with Crippen LogP contribution < -0.4 is 5.32 Å². The largest absolute Gasteiger partial charge is 0.416 e. The molecule has 0 aliphatic carbocycles. The lowest BCUT2D eigenvalue weighted by Gasteiger charge is -2.21. The lowest BCUT2D eigenvalue weighted by atomic mass is 10.0. The van der Waals surface area contributed by atoms with Crippen LogP contribution in [-0.2, 0) is 6.18 Å². The Morgan fingerprint density at radius 1 is 1.18 bits per heavy atom. The molecule has 38 heavy (non-hydrogen) atoms. The number of carbonyl (C=O) groups is 1. The molecule has 0 bridgehead atoms. The monoisotopic (exact) mass is 537 g/mol. The molecule has 1 aliphatic heterocycles. The number of nitrogens with one attached hydrogen (secondary N) is 1. The average Bonchev–Trinajstić information content (AvgIpc) is 3.51. The molecule has 1 amide bonds. The van der Waals surface area contributed by atoms with E-state index in [-0.39, 0.29) is 17.4 Å². The summed E-state index contributed by atoms with van der Waals surface area (Å²) in [5, 5.41) is 2.73. The Morgan fingerprint density at radius 3 is 2.79 bits per heavy atom. The molecule has 0 radical (unpaired) electrons. The third-order valence-electron chi connectivity index (χ3n) is 6.63. The Bertz CT molecular complexity index is 1570. The Hall–Kier alpha value is -3.87. The molecule has 1 fully saturated rings. The minimum Gasteiger partial charge on any atom is -0.307 e. The summed E-state index contributed by atoms with van der Waals surface area (Å²) in [4.78, 5) is 23.2. The number of pyridine rings is 1. The van der Waals surface area contributed by atoms with Crippen molar-refractivity contribution in [2.75, 3.05) is 18.4 Å². The minimum atomic E-state index is -4.54. The van der Waals surface area contributed by atoms with Gasteiger partial charge in [0, 0.05) is 29.6 Å². The third-order valence-corrected chi connectivity index (χ3v) is 6.94. The molecule has 0 saturated carbocycles. The van der Waals surface area contributed by atoms with Crippen molar-refractivity contribution in [3.05, 3.63) is 82.9 Å². The van der Waals surface area contributed by atoms with E-state index in [0.29, 0.717) is 17.1 Å². The van der Waals surface area contributed by atoms with Crippen molar-refractivity contribution < 1.29 is 18.0 Å². The molecule has 6 nitrogen and oxygen atoms in total. The maximum atomic E-state index is 13.0. The number of hydrogen-bond donors (Lipinski definition) is 1. The van der Waals surface area contributed by atoms with E-state index in [0.717, 1.165) is 54.5 Å². The molecular weight excluding hydrogens is 515 g/mol. The lowest BCUT2D eigenvalue weighted by molar-refractivity contribution is -0.137. The smallest absolute Gasteiger partial charge is 0.307 e. The molecular formula is C28H23ClF3N5O. The van der Waals surface area contributed by atoms with Gasteiger partial charge in [-0.1, -0.05) is 23.6 Å². The van der Waals surface area contributed by atoms with E-state index in [4.69, 9.17) is 11.6 Å². The summed E-state index contributed by atoms with van der Waals surface area (Å²) in [7, 11) is 0. The van der Waals surface area contributed by atoms with Crippen molar-refractivity contribution >= 4 is 28.8 Å². The molecule has 1 atom stereocenters. The highest BCUT2D eigenvalue weighted by molar-refractivity contribution is 6.33. The fraction of sp³-hybridized carbons (Fsp3) is 0.250. The number of rotatable bonds is 5. The van der Waals surface area contributed by atoms with Crippen LogP contribution in [0.5, 0.6) is 0 Å². The SMILES string of the molecule is CC#CCN1CCCC1c1cc(-c2ccc(C(=O)Nc3cc(C(F)(F)F)ccn3)cc2Cl)n2cnccc12. The summed E-state index contributed by atoms with van der Waals surface area (Å²) in [6, 6.07) is 10.7. The number of benzene rings is 1. The molecule has 1 aliphatic rings. The molecule has 1 saturated heterocycles. The van der Waals surface area contributed by atoms with Gasteiger partial charge in [-0.05, 0) is 68.3 Å². The minimum absolute atomic E-state index is 0.192. The summed E-state index contributed by atoms with van der Waals surface area (Å²) in [5.41, 5.74) is 3.00. The third kappa shape index (κ3) is 5.10. The second kappa shape index (κ2) is 10.5. The van der Waals surface area contributed by atoms with E-state index in [2.05, 4.69) is 38.1 Å². The van der Waals surface area contributed by atoms with Gasteiger partial charge in [-0.2, -0.15) is 13.2 Å². The maximum absolute atomic E-state index is 13.0. The number of halogens is 4. The fourth-order valence-corrected chi connectivity index (χ4v) is 5.11. The molecule has 194 valence electrons. The number of aromatic nitrogens is 3. The maximum Gasteiger partial charge on any atom is 0.416 e. The van der Waals surface area contributed by atoms with E-state index in [1.54, 1.807) is 24.7 Å². The first-order valence-corrected chi connectivity index (χ1v) is 12.4. The molecule has 5 rings (SSSR count). The summed E-state index contributed by atoms with van der Waals surface area (Å²) >= 11 is 6.66. The van der Waals surface area contributed by atoms with Crippen molar-refractivity contribution in [1.29, 1.82) is 0 Å². The molecule has 1 aromatic carbocycles. The Kier molecular flexibility index (Phi) is 7.11. The zero-order valence-electron chi connectivity index (χ0n) is 20.4. The van der Waals surface area contributed by atoms with Gasteiger partial charge >= 0.3 is 6.18 Å². The first-order chi connectivity index (χ1) is 18.3. The van der Waals surface area contributed by atoms with Crippen molar-refractivity contribution in [3.8, 4) is 23.1 Å². The molecule has 4 heterocycles. The van der Waals surface area contributed by atoms with Gasteiger partial charge in [0.2, 0.25) is 0 Å². The standard InChI is InChI=1S/C28H23ClF3N5O/c1-2-3-12-36-13-4-5-23(36)21-16-25(37-17-33-10-9-24(21)37)20-7-6-18(14-22(20)29)27(38)35-26-15-19(8-11-34-26)28(30,31)32/h6-11,14-17,23H,4-5,12-13H2,1H3,(H,34,35,38). The summed E-state index contributed by atoms with van der Waals surface area (Å²) in [5.74, 6) is 5.32. The molecule has 10 heteroatoms. The highest BCUT2D eigenvalue weighted by Crippen LogP contribution is 2.39. The highest BCUT2D eigenvalue weighted by Gasteiger charge is 2.31. The van der Waals surface area contributed by atoms with Gasteiger partial charge in [0.1, 0.15) is 5.82 Å². The van der Waals surface area contributed by atoms with Gasteiger partial charge in [-0.3, -0.25) is 9.69 Å². The fourth-order valence-electron chi connectivity index (χ4n) is 4.83. The molecule has 1 N–H and O–H groups in total. The van der Waals surface area contributed by atoms with Crippen LogP contribution in [0.3, 0.4) is 0 Å². The van der Waals surface area contributed by atoms with E-state index >= 15 is 0 Å². The molecule has 4 aromatic rings. The summed E-state index contributed by atoms with van der Waals surface area (Å²) in [6.45, 7) is 3.51.